The maximum Gasteiger partial charge on any atom is 0.534 e. The Hall–Kier alpha value is -8.70. The number of aromatic nitrogens is 4. The van der Waals surface area contributed by atoms with Crippen LogP contribution in [-0.4, -0.2) is 105 Å². The third-order valence-electron chi connectivity index (χ3n) is 11.4. The number of ether oxygens (including phenoxy) is 4. The first-order valence-electron chi connectivity index (χ1n) is 23.6. The molecule has 8 rings (SSSR count). The molecule has 0 amide bonds. The monoisotopic (exact) mass is 1290 g/mol. The average Bonchev–Trinajstić information content (AvgIpc) is 1.76. The standard InChI is InChI=1S/C25H19F5N2O6S.C24H20F2N2O4.C2F6O5S2/c1-3-37-24(33)22-21(17-5-4-10-31-23(17)36-2)18-12-16(38-39(34,35)25(28,29)30)8-9-20(18)32(22)13-14-6-7-15(26)11-19(14)27;1-3-32-24(30)22-21(17-5-4-10-27-23(17)31-2)18-12-16(29)8-9-20(18)28(22)13-14-6-7-15(25)11-19(14)26;3-1(4,5)14(9,10)13-15(11,12)2(6,7)8/h4-12H,3,13H2,1-2H3;4-12,29H,3,13H2,1-2H3;. The van der Waals surface area contributed by atoms with Crippen molar-refractivity contribution >= 4 is 64.1 Å². The van der Waals surface area contributed by atoms with Gasteiger partial charge in [-0.2, -0.15) is 64.8 Å². The van der Waals surface area contributed by atoms with Gasteiger partial charge in [0.05, 0.1) is 40.5 Å². The summed E-state index contributed by atoms with van der Waals surface area (Å²) < 4.78 is 257. The van der Waals surface area contributed by atoms with Crippen LogP contribution >= 0.6 is 0 Å². The number of pyridine rings is 2. The van der Waals surface area contributed by atoms with E-state index in [1.54, 1.807) is 42.8 Å². The molecule has 86 heavy (non-hydrogen) atoms. The summed E-state index contributed by atoms with van der Waals surface area (Å²) in [5, 5.41) is 10.7. The Bertz CT molecular complexity index is 4170. The maximum absolute atomic E-state index is 14.6. The number of methoxy groups -OCH3 is 2. The molecule has 19 nitrogen and oxygen atoms in total. The van der Waals surface area contributed by atoms with Crippen LogP contribution in [0, 0.1) is 23.3 Å². The van der Waals surface area contributed by atoms with Crippen LogP contribution < -0.4 is 13.7 Å². The van der Waals surface area contributed by atoms with Crippen molar-refractivity contribution in [3.05, 3.63) is 155 Å². The summed E-state index contributed by atoms with van der Waals surface area (Å²) in [6.07, 6.45) is 2.95. The molecule has 0 atom stereocenters. The number of carbonyl (C=O) groups is 2. The smallest absolute Gasteiger partial charge is 0.508 e. The van der Waals surface area contributed by atoms with Crippen LogP contribution in [0.4, 0.5) is 57.1 Å². The lowest BCUT2D eigenvalue weighted by Gasteiger charge is -2.13. The number of esters is 2. The fourth-order valence-corrected chi connectivity index (χ4v) is 9.93. The van der Waals surface area contributed by atoms with Crippen LogP contribution in [0.5, 0.6) is 23.3 Å². The van der Waals surface area contributed by atoms with Crippen molar-refractivity contribution < 1.29 is 124 Å². The lowest BCUT2D eigenvalue weighted by molar-refractivity contribution is -0.0586. The molecule has 1 N–H and O–H groups in total. The Morgan fingerprint density at radius 3 is 1.30 bits per heavy atom. The molecule has 0 saturated carbocycles. The minimum atomic E-state index is -6.85. The van der Waals surface area contributed by atoms with E-state index in [-0.39, 0.29) is 88.4 Å². The van der Waals surface area contributed by atoms with E-state index in [9.17, 15) is 97.0 Å². The van der Waals surface area contributed by atoms with Gasteiger partial charge in [0.2, 0.25) is 11.8 Å². The molecule has 35 heteroatoms. The third-order valence-corrected chi connectivity index (χ3v) is 15.0. The van der Waals surface area contributed by atoms with Crippen LogP contribution in [0.2, 0.25) is 0 Å². The lowest BCUT2D eigenvalue weighted by atomic mass is 10.0. The van der Waals surface area contributed by atoms with E-state index >= 15 is 0 Å². The number of rotatable bonds is 16. The van der Waals surface area contributed by atoms with E-state index < -0.39 is 87.8 Å². The zero-order chi connectivity index (χ0) is 64.1. The van der Waals surface area contributed by atoms with Gasteiger partial charge >= 0.3 is 58.8 Å². The Morgan fingerprint density at radius 2 is 0.930 bits per heavy atom. The van der Waals surface area contributed by atoms with Gasteiger partial charge in [-0.3, -0.25) is 0 Å². The van der Waals surface area contributed by atoms with Gasteiger partial charge in [0, 0.05) is 79.7 Å². The van der Waals surface area contributed by atoms with Crippen molar-refractivity contribution in [2.45, 2.75) is 43.5 Å². The molecular weight excluding hydrogens is 1250 g/mol. The van der Waals surface area contributed by atoms with Gasteiger partial charge in [0.1, 0.15) is 46.2 Å². The molecule has 0 aliphatic carbocycles. The molecule has 8 aromatic rings. The van der Waals surface area contributed by atoms with Gasteiger partial charge in [-0.1, -0.05) is 12.1 Å². The van der Waals surface area contributed by atoms with Crippen molar-refractivity contribution in [2.24, 2.45) is 0 Å². The largest absolute Gasteiger partial charge is 0.534 e. The van der Waals surface area contributed by atoms with E-state index in [4.69, 9.17) is 18.9 Å². The van der Waals surface area contributed by atoms with Gasteiger partial charge in [0.15, 0.2) is 0 Å². The second-order valence-corrected chi connectivity index (χ2v) is 21.7. The molecule has 4 aromatic heterocycles. The van der Waals surface area contributed by atoms with E-state index in [0.29, 0.717) is 28.1 Å². The summed E-state index contributed by atoms with van der Waals surface area (Å²) in [5.41, 5.74) is -16.2. The Labute approximate surface area is 477 Å². The summed E-state index contributed by atoms with van der Waals surface area (Å²) in [6.45, 7) is 2.89. The number of hydrogen-bond acceptors (Lipinski definition) is 17. The third kappa shape index (κ3) is 14.5. The van der Waals surface area contributed by atoms with E-state index in [1.807, 2.05) is 3.63 Å². The molecule has 0 fully saturated rings. The SMILES string of the molecule is CCOC(=O)c1c(-c2cccnc2OC)c2cc(O)ccc2n1Cc1ccc(F)cc1F.CCOC(=O)c1c(-c2cccnc2OC)c2cc(OS(=O)(=O)C(F)(F)F)ccc2n1Cc1ccc(F)cc1F.O=S(=O)(OS(=O)(=O)C(F)(F)F)C(F)(F)F. The first-order chi connectivity index (χ1) is 40.0. The minimum Gasteiger partial charge on any atom is -0.508 e. The zero-order valence-corrected chi connectivity index (χ0v) is 46.3. The normalized spacial score (nSPS) is 12.2. The highest BCUT2D eigenvalue weighted by Gasteiger charge is 2.57. The molecule has 4 aromatic carbocycles. The predicted octanol–water partition coefficient (Wildman–Crippen LogP) is 11.1. The number of hydrogen-bond donors (Lipinski definition) is 1. The molecule has 0 unspecified atom stereocenters. The summed E-state index contributed by atoms with van der Waals surface area (Å²) in [7, 11) is -17.0. The topological polar surface area (TPSA) is 248 Å². The van der Waals surface area contributed by atoms with Gasteiger partial charge in [-0.25, -0.2) is 37.1 Å². The fraction of sp³-hybridized carbons (Fsp3) is 0.216. The highest BCUT2D eigenvalue weighted by atomic mass is 32.3. The lowest BCUT2D eigenvalue weighted by Crippen LogP contribution is -2.34. The van der Waals surface area contributed by atoms with Gasteiger partial charge in [-0.15, -0.1) is 3.63 Å². The average molecular weight is 1290 g/mol. The Balaban J connectivity index is 0.000000226. The molecule has 0 bridgehead atoms. The number of aromatic hydroxyl groups is 1. The number of nitrogens with zero attached hydrogens (tertiary/aromatic N) is 4. The van der Waals surface area contributed by atoms with Crippen molar-refractivity contribution in [2.75, 3.05) is 27.4 Å². The van der Waals surface area contributed by atoms with Crippen molar-refractivity contribution in [3.8, 4) is 45.5 Å². The van der Waals surface area contributed by atoms with Crippen molar-refractivity contribution in [1.82, 2.24) is 19.1 Å². The number of phenolic OH excluding ortho intramolecular Hbond substituents is 1. The van der Waals surface area contributed by atoms with Gasteiger partial charge in [-0.05, 0) is 86.6 Å². The number of benzene rings is 4. The first kappa shape index (κ1) is 66.4. The number of carbonyl (C=O) groups excluding carboxylic acids is 2. The van der Waals surface area contributed by atoms with E-state index in [1.165, 1.54) is 67.4 Å². The fourth-order valence-electron chi connectivity index (χ4n) is 7.92. The number of alkyl halides is 9. The molecule has 4 heterocycles. The molecule has 462 valence electrons. The summed E-state index contributed by atoms with van der Waals surface area (Å²) in [5.74, 6) is -5.12. The molecule has 0 aliphatic heterocycles. The van der Waals surface area contributed by atoms with Crippen molar-refractivity contribution in [3.63, 3.8) is 0 Å². The minimum absolute atomic E-state index is 0.0119. The molecular formula is C51H39F13N4O15S3. The van der Waals surface area contributed by atoms with Gasteiger partial charge < -0.3 is 37.4 Å². The summed E-state index contributed by atoms with van der Waals surface area (Å²) >= 11 is 0. The quantitative estimate of drug-likeness (QED) is 0.0409. The van der Waals surface area contributed by atoms with Crippen LogP contribution in [0.1, 0.15) is 46.0 Å². The van der Waals surface area contributed by atoms with Crippen LogP contribution in [0.15, 0.2) is 109 Å². The van der Waals surface area contributed by atoms with Crippen molar-refractivity contribution in [1.29, 1.82) is 0 Å². The first-order valence-corrected chi connectivity index (χ1v) is 27.8. The van der Waals surface area contributed by atoms with Crippen LogP contribution in [0.3, 0.4) is 0 Å². The van der Waals surface area contributed by atoms with E-state index in [2.05, 4.69) is 14.2 Å². The predicted molar refractivity (Wildman–Crippen MR) is 275 cm³/mol. The second-order valence-electron chi connectivity index (χ2n) is 16.9. The van der Waals surface area contributed by atoms with Gasteiger partial charge in [0.25, 0.3) is 0 Å². The zero-order valence-electron chi connectivity index (χ0n) is 43.8. The Kier molecular flexibility index (Phi) is 20.0. The number of halogens is 13. The summed E-state index contributed by atoms with van der Waals surface area (Å²) in [6, 6.07) is 20.3. The number of fused-ring (bicyclic) bond motifs is 2. The molecule has 0 spiro atoms. The summed E-state index contributed by atoms with van der Waals surface area (Å²) in [4.78, 5) is 34.7. The Morgan fingerprint density at radius 1 is 0.535 bits per heavy atom. The molecule has 0 saturated heterocycles. The van der Waals surface area contributed by atoms with Crippen LogP contribution in [-0.2, 0) is 56.5 Å². The maximum atomic E-state index is 14.6. The second kappa shape index (κ2) is 25.9. The molecule has 0 aliphatic rings. The highest BCUT2D eigenvalue weighted by Crippen LogP contribution is 2.44. The van der Waals surface area contributed by atoms with Crippen LogP contribution in [0.25, 0.3) is 44.1 Å². The molecule has 0 radical (unpaired) electrons. The highest BCUT2D eigenvalue weighted by molar-refractivity contribution is 8.00. The van der Waals surface area contributed by atoms with E-state index in [0.717, 1.165) is 30.3 Å². The number of phenols is 1.